The van der Waals surface area contributed by atoms with E-state index in [9.17, 15) is 0 Å². The topological polar surface area (TPSA) is 53.1 Å². The fraction of sp³-hybridized carbons (Fsp3) is 0.533. The van der Waals surface area contributed by atoms with E-state index >= 15 is 0 Å². The van der Waals surface area contributed by atoms with Crippen molar-refractivity contribution in [2.24, 2.45) is 11.7 Å². The van der Waals surface area contributed by atoms with Crippen LogP contribution in [0.15, 0.2) is 24.3 Å². The Morgan fingerprint density at radius 2 is 2.05 bits per heavy atom. The molecule has 2 aromatic rings. The highest BCUT2D eigenvalue weighted by molar-refractivity contribution is 5.76. The number of methoxy groups -OCH3 is 1. The van der Waals surface area contributed by atoms with Crippen LogP contribution in [0.1, 0.15) is 32.1 Å². The quantitative estimate of drug-likeness (QED) is 0.870. The molecule has 2 N–H and O–H groups in total. The van der Waals surface area contributed by atoms with Crippen molar-refractivity contribution in [3.63, 3.8) is 0 Å². The van der Waals surface area contributed by atoms with Crippen LogP contribution >= 0.6 is 0 Å². The lowest BCUT2D eigenvalue weighted by Crippen LogP contribution is -2.19. The van der Waals surface area contributed by atoms with Gasteiger partial charge >= 0.3 is 0 Å². The number of rotatable bonds is 6. The Labute approximate surface area is 114 Å². The number of nitrogens with two attached hydrogens (primary N) is 1. The fourth-order valence-electron chi connectivity index (χ4n) is 2.41. The number of para-hydroxylation sites is 2. The minimum atomic E-state index is -0.0238. The van der Waals surface area contributed by atoms with E-state index in [-0.39, 0.29) is 6.04 Å². The molecule has 0 radical (unpaired) electrons. The SMILES string of the molecule is COCCn1c(C(N)CC(C)C)nc2ccccc21. The van der Waals surface area contributed by atoms with Crippen molar-refractivity contribution in [2.75, 3.05) is 13.7 Å². The van der Waals surface area contributed by atoms with Gasteiger partial charge in [-0.25, -0.2) is 4.98 Å². The number of imidazole rings is 1. The van der Waals surface area contributed by atoms with E-state index < -0.39 is 0 Å². The van der Waals surface area contributed by atoms with Gasteiger partial charge in [0.25, 0.3) is 0 Å². The number of ether oxygens (including phenoxy) is 1. The summed E-state index contributed by atoms with van der Waals surface area (Å²) in [5.74, 6) is 1.53. The average molecular weight is 261 g/mol. The molecule has 0 aliphatic rings. The molecule has 1 atom stereocenters. The summed E-state index contributed by atoms with van der Waals surface area (Å²) in [6.45, 7) is 5.82. The van der Waals surface area contributed by atoms with Crippen LogP contribution < -0.4 is 5.73 Å². The third-order valence-electron chi connectivity index (χ3n) is 3.26. The number of fused-ring (bicyclic) bond motifs is 1. The molecular formula is C15H23N3O. The first kappa shape index (κ1) is 14.0. The van der Waals surface area contributed by atoms with Crippen molar-refractivity contribution in [3.05, 3.63) is 30.1 Å². The Hall–Kier alpha value is -1.39. The zero-order valence-electron chi connectivity index (χ0n) is 12.0. The maximum atomic E-state index is 6.31. The lowest BCUT2D eigenvalue weighted by atomic mass is 10.0. The molecule has 4 nitrogen and oxygen atoms in total. The summed E-state index contributed by atoms with van der Waals surface area (Å²) in [6, 6.07) is 8.14. The minimum Gasteiger partial charge on any atom is -0.383 e. The molecule has 1 heterocycles. The Morgan fingerprint density at radius 1 is 1.32 bits per heavy atom. The van der Waals surface area contributed by atoms with Crippen LogP contribution in [0.25, 0.3) is 11.0 Å². The first-order chi connectivity index (χ1) is 9.13. The Bertz CT molecular complexity index is 533. The molecule has 1 aromatic heterocycles. The van der Waals surface area contributed by atoms with Crippen LogP contribution in [0, 0.1) is 5.92 Å². The van der Waals surface area contributed by atoms with Crippen molar-refractivity contribution in [2.45, 2.75) is 32.9 Å². The molecule has 0 saturated carbocycles. The highest BCUT2D eigenvalue weighted by atomic mass is 16.5. The molecule has 2 rings (SSSR count). The number of hydrogen-bond acceptors (Lipinski definition) is 3. The van der Waals surface area contributed by atoms with Crippen molar-refractivity contribution >= 4 is 11.0 Å². The van der Waals surface area contributed by atoms with Gasteiger partial charge in [0.2, 0.25) is 0 Å². The molecule has 0 aliphatic heterocycles. The van der Waals surface area contributed by atoms with E-state index in [0.717, 1.165) is 29.8 Å². The van der Waals surface area contributed by atoms with Gasteiger partial charge in [-0.3, -0.25) is 0 Å². The standard InChI is InChI=1S/C15H23N3O/c1-11(2)10-12(16)15-17-13-6-4-5-7-14(13)18(15)8-9-19-3/h4-7,11-12H,8-10,16H2,1-3H3. The molecule has 0 aliphatic carbocycles. The van der Waals surface area contributed by atoms with Gasteiger partial charge in [0.05, 0.1) is 23.7 Å². The van der Waals surface area contributed by atoms with Crippen molar-refractivity contribution in [3.8, 4) is 0 Å². The Balaban J connectivity index is 2.40. The first-order valence-corrected chi connectivity index (χ1v) is 6.83. The van der Waals surface area contributed by atoms with Crippen LogP contribution in [0.2, 0.25) is 0 Å². The van der Waals surface area contributed by atoms with Crippen LogP contribution in [0.3, 0.4) is 0 Å². The molecule has 19 heavy (non-hydrogen) atoms. The summed E-state index contributed by atoms with van der Waals surface area (Å²) in [5.41, 5.74) is 8.45. The van der Waals surface area contributed by atoms with E-state index in [0.29, 0.717) is 12.5 Å². The smallest absolute Gasteiger partial charge is 0.126 e. The molecule has 4 heteroatoms. The van der Waals surface area contributed by atoms with Gasteiger partial charge in [-0.2, -0.15) is 0 Å². The number of nitrogens with zero attached hydrogens (tertiary/aromatic N) is 2. The zero-order chi connectivity index (χ0) is 13.8. The summed E-state index contributed by atoms with van der Waals surface area (Å²) < 4.78 is 7.38. The van der Waals surface area contributed by atoms with Crippen molar-refractivity contribution in [1.82, 2.24) is 9.55 Å². The predicted molar refractivity (Wildman–Crippen MR) is 78.0 cm³/mol. The maximum Gasteiger partial charge on any atom is 0.126 e. The summed E-state index contributed by atoms with van der Waals surface area (Å²) in [5, 5.41) is 0. The van der Waals surface area contributed by atoms with Crippen molar-refractivity contribution < 1.29 is 4.74 Å². The molecule has 1 aromatic carbocycles. The van der Waals surface area contributed by atoms with Crippen LogP contribution in [-0.2, 0) is 11.3 Å². The van der Waals surface area contributed by atoms with E-state index in [1.54, 1.807) is 7.11 Å². The molecule has 0 spiro atoms. The average Bonchev–Trinajstić information content (AvgIpc) is 2.74. The molecule has 0 fully saturated rings. The van der Waals surface area contributed by atoms with Crippen LogP contribution in [0.4, 0.5) is 0 Å². The van der Waals surface area contributed by atoms with E-state index in [2.05, 4.69) is 24.5 Å². The normalized spacial score (nSPS) is 13.3. The lowest BCUT2D eigenvalue weighted by Gasteiger charge is -2.16. The fourth-order valence-corrected chi connectivity index (χ4v) is 2.41. The van der Waals surface area contributed by atoms with Gasteiger partial charge < -0.3 is 15.0 Å². The van der Waals surface area contributed by atoms with E-state index in [1.807, 2.05) is 18.2 Å². The summed E-state index contributed by atoms with van der Waals surface area (Å²) in [6.07, 6.45) is 0.941. The van der Waals surface area contributed by atoms with Gasteiger partial charge in [0, 0.05) is 13.7 Å². The molecule has 0 amide bonds. The van der Waals surface area contributed by atoms with Crippen LogP contribution in [0.5, 0.6) is 0 Å². The van der Waals surface area contributed by atoms with Crippen LogP contribution in [-0.4, -0.2) is 23.3 Å². The van der Waals surface area contributed by atoms with Gasteiger partial charge in [0.1, 0.15) is 5.82 Å². The third kappa shape index (κ3) is 3.14. The van der Waals surface area contributed by atoms with Gasteiger partial charge in [-0.1, -0.05) is 26.0 Å². The second-order valence-electron chi connectivity index (χ2n) is 5.34. The summed E-state index contributed by atoms with van der Waals surface area (Å²) in [4.78, 5) is 4.70. The highest BCUT2D eigenvalue weighted by Gasteiger charge is 2.17. The monoisotopic (exact) mass is 261 g/mol. The zero-order valence-corrected chi connectivity index (χ0v) is 12.0. The Morgan fingerprint density at radius 3 is 2.74 bits per heavy atom. The third-order valence-corrected chi connectivity index (χ3v) is 3.26. The predicted octanol–water partition coefficient (Wildman–Crippen LogP) is 2.73. The number of aromatic nitrogens is 2. The molecule has 1 unspecified atom stereocenters. The minimum absolute atomic E-state index is 0.0238. The second-order valence-corrected chi connectivity index (χ2v) is 5.34. The molecule has 0 bridgehead atoms. The number of benzene rings is 1. The summed E-state index contributed by atoms with van der Waals surface area (Å²) >= 11 is 0. The molecule has 0 saturated heterocycles. The van der Waals surface area contributed by atoms with E-state index in [1.165, 1.54) is 0 Å². The number of hydrogen-bond donors (Lipinski definition) is 1. The van der Waals surface area contributed by atoms with E-state index in [4.69, 9.17) is 15.5 Å². The molecular weight excluding hydrogens is 238 g/mol. The van der Waals surface area contributed by atoms with Gasteiger partial charge in [-0.05, 0) is 24.5 Å². The maximum absolute atomic E-state index is 6.31. The van der Waals surface area contributed by atoms with Gasteiger partial charge in [0.15, 0.2) is 0 Å². The highest BCUT2D eigenvalue weighted by Crippen LogP contribution is 2.23. The van der Waals surface area contributed by atoms with Gasteiger partial charge in [-0.15, -0.1) is 0 Å². The second kappa shape index (κ2) is 6.17. The summed E-state index contributed by atoms with van der Waals surface area (Å²) in [7, 11) is 1.72. The first-order valence-electron chi connectivity index (χ1n) is 6.83. The molecule has 104 valence electrons. The van der Waals surface area contributed by atoms with Crippen molar-refractivity contribution in [1.29, 1.82) is 0 Å². The Kier molecular flexibility index (Phi) is 4.56. The lowest BCUT2D eigenvalue weighted by molar-refractivity contribution is 0.186. The largest absolute Gasteiger partial charge is 0.383 e.